The summed E-state index contributed by atoms with van der Waals surface area (Å²) in [6.45, 7) is 14.6. The molecule has 2 fully saturated rings. The lowest BCUT2D eigenvalue weighted by atomic mass is 9.74. The average Bonchev–Trinajstić information content (AvgIpc) is 3.72. The molecule has 2 aliphatic carbocycles. The number of aromatic nitrogens is 2. The minimum Gasteiger partial charge on any atom is -0.491 e. The molecule has 1 aromatic heterocycles. The lowest BCUT2D eigenvalue weighted by Gasteiger charge is -2.37. The van der Waals surface area contributed by atoms with E-state index in [1.54, 1.807) is 0 Å². The van der Waals surface area contributed by atoms with Crippen molar-refractivity contribution in [3.63, 3.8) is 0 Å². The second-order valence-electron chi connectivity index (χ2n) is 14.4. The van der Waals surface area contributed by atoms with Gasteiger partial charge in [0, 0.05) is 24.4 Å². The van der Waals surface area contributed by atoms with Crippen LogP contribution in [0.2, 0.25) is 18.1 Å². The second kappa shape index (κ2) is 13.2. The van der Waals surface area contributed by atoms with Gasteiger partial charge in [-0.15, -0.1) is 0 Å². The number of amides is 1. The standard InChI is InChI=1S/C36H51N3O4Si/c1-7-8-23-42-32-31(34(41)39(27-18-19-27)22-24-43-44(5,6)35(2,3)4)37-30(38-33(32)40)25-36(20-11-12-21-36)29-17-13-15-26-14-9-10-16-28(26)29/h9-10,13-17,27H,7-8,11-12,18-25H2,1-6H3,(H,37,38,40). The van der Waals surface area contributed by atoms with Crippen molar-refractivity contribution in [2.24, 2.45) is 0 Å². The first-order chi connectivity index (χ1) is 21.0. The van der Waals surface area contributed by atoms with Crippen molar-refractivity contribution in [1.29, 1.82) is 0 Å². The maximum atomic E-state index is 14.3. The van der Waals surface area contributed by atoms with Crippen LogP contribution in [0.5, 0.6) is 11.6 Å². The van der Waals surface area contributed by atoms with Crippen LogP contribution in [0.4, 0.5) is 0 Å². The minimum atomic E-state index is -1.96. The van der Waals surface area contributed by atoms with E-state index in [2.05, 4.69) is 88.2 Å². The highest BCUT2D eigenvalue weighted by atomic mass is 28.4. The van der Waals surface area contributed by atoms with Crippen molar-refractivity contribution in [2.45, 2.75) is 115 Å². The van der Waals surface area contributed by atoms with Crippen molar-refractivity contribution in [1.82, 2.24) is 14.9 Å². The zero-order valence-electron chi connectivity index (χ0n) is 27.6. The fourth-order valence-electron chi connectivity index (χ4n) is 6.33. The molecule has 2 aromatic carbocycles. The van der Waals surface area contributed by atoms with E-state index >= 15 is 0 Å². The van der Waals surface area contributed by atoms with E-state index in [0.29, 0.717) is 32.0 Å². The van der Waals surface area contributed by atoms with Gasteiger partial charge in [0.15, 0.2) is 14.0 Å². The summed E-state index contributed by atoms with van der Waals surface area (Å²) < 4.78 is 12.5. The number of rotatable bonds is 13. The van der Waals surface area contributed by atoms with Crippen LogP contribution in [-0.2, 0) is 16.3 Å². The molecule has 0 atom stereocenters. The highest BCUT2D eigenvalue weighted by Gasteiger charge is 2.41. The highest BCUT2D eigenvalue weighted by Crippen LogP contribution is 2.46. The van der Waals surface area contributed by atoms with E-state index in [4.69, 9.17) is 14.1 Å². The fourth-order valence-corrected chi connectivity index (χ4v) is 7.37. The summed E-state index contributed by atoms with van der Waals surface area (Å²) in [5.74, 6) is 0.154. The lowest BCUT2D eigenvalue weighted by molar-refractivity contribution is 0.0698. The molecule has 5 rings (SSSR count). The van der Waals surface area contributed by atoms with E-state index in [-0.39, 0.29) is 39.7 Å². The summed E-state index contributed by atoms with van der Waals surface area (Å²) in [6.07, 6.45) is 8.53. The Bertz CT molecular complexity index is 1450. The number of unbranched alkanes of at least 4 members (excludes halogenated alkanes) is 1. The fraction of sp³-hybridized carbons (Fsp3) is 0.583. The molecular weight excluding hydrogens is 566 g/mol. The predicted octanol–water partition coefficient (Wildman–Crippen LogP) is 8.20. The van der Waals surface area contributed by atoms with Crippen LogP contribution in [-0.4, -0.2) is 60.0 Å². The largest absolute Gasteiger partial charge is 0.491 e. The van der Waals surface area contributed by atoms with E-state index in [1.165, 1.54) is 16.3 Å². The second-order valence-corrected chi connectivity index (χ2v) is 19.2. The smallest absolute Gasteiger partial charge is 0.276 e. The third kappa shape index (κ3) is 6.96. The Morgan fingerprint density at radius 1 is 1.05 bits per heavy atom. The quantitative estimate of drug-likeness (QED) is 0.154. The summed E-state index contributed by atoms with van der Waals surface area (Å²) in [6, 6.07) is 15.2. The molecule has 44 heavy (non-hydrogen) atoms. The monoisotopic (exact) mass is 617 g/mol. The van der Waals surface area contributed by atoms with E-state index in [0.717, 1.165) is 51.4 Å². The molecule has 0 aliphatic heterocycles. The summed E-state index contributed by atoms with van der Waals surface area (Å²) in [4.78, 5) is 25.7. The van der Waals surface area contributed by atoms with Gasteiger partial charge in [-0.3, -0.25) is 4.79 Å². The van der Waals surface area contributed by atoms with E-state index in [1.807, 2.05) is 4.90 Å². The average molecular weight is 618 g/mol. The number of hydrogen-bond donors (Lipinski definition) is 1. The summed E-state index contributed by atoms with van der Waals surface area (Å²) >= 11 is 0. The molecule has 7 nitrogen and oxygen atoms in total. The number of aromatic hydroxyl groups is 1. The van der Waals surface area contributed by atoms with Gasteiger partial charge in [0.25, 0.3) is 11.8 Å². The third-order valence-electron chi connectivity index (χ3n) is 10.1. The van der Waals surface area contributed by atoms with Crippen molar-refractivity contribution in [3.8, 4) is 11.6 Å². The molecule has 2 aliphatic rings. The molecule has 0 unspecified atom stereocenters. The van der Waals surface area contributed by atoms with Crippen LogP contribution in [0, 0.1) is 0 Å². The number of nitrogens with zero attached hydrogens (tertiary/aromatic N) is 3. The number of carbonyl (C=O) groups excluding carboxylic acids is 1. The van der Waals surface area contributed by atoms with Crippen molar-refractivity contribution >= 4 is 25.0 Å². The third-order valence-corrected chi connectivity index (χ3v) is 14.6. The summed E-state index contributed by atoms with van der Waals surface area (Å²) in [5, 5.41) is 13.8. The van der Waals surface area contributed by atoms with Crippen LogP contribution in [0.25, 0.3) is 10.8 Å². The van der Waals surface area contributed by atoms with Crippen LogP contribution < -0.4 is 4.74 Å². The SMILES string of the molecule is CCCCOc1c(O)nc(CC2(c3cccc4ccccc34)CCCC2)nc1C(=O)N(CCO[Si](C)(C)C(C)(C)C)C1CC1. The van der Waals surface area contributed by atoms with Crippen LogP contribution in [0.1, 0.15) is 101 Å². The number of ether oxygens (including phenoxy) is 1. The van der Waals surface area contributed by atoms with Crippen molar-refractivity contribution < 1.29 is 19.1 Å². The van der Waals surface area contributed by atoms with Crippen molar-refractivity contribution in [3.05, 3.63) is 59.5 Å². The maximum Gasteiger partial charge on any atom is 0.276 e. The van der Waals surface area contributed by atoms with Gasteiger partial charge in [0.05, 0.1) is 13.2 Å². The topological polar surface area (TPSA) is 84.8 Å². The van der Waals surface area contributed by atoms with Crippen LogP contribution >= 0.6 is 0 Å². The first-order valence-electron chi connectivity index (χ1n) is 16.6. The number of fused-ring (bicyclic) bond motifs is 1. The number of benzene rings is 2. The van der Waals surface area contributed by atoms with Gasteiger partial charge in [-0.1, -0.05) is 89.4 Å². The first-order valence-corrected chi connectivity index (χ1v) is 19.5. The summed E-state index contributed by atoms with van der Waals surface area (Å²) in [7, 11) is -1.96. The first kappa shape index (κ1) is 32.4. The zero-order chi connectivity index (χ0) is 31.5. The highest BCUT2D eigenvalue weighted by molar-refractivity contribution is 6.74. The molecule has 1 amide bonds. The molecule has 0 radical (unpaired) electrons. The normalized spacial score (nSPS) is 16.8. The van der Waals surface area contributed by atoms with Gasteiger partial charge >= 0.3 is 0 Å². The van der Waals surface area contributed by atoms with Gasteiger partial charge in [0.2, 0.25) is 5.75 Å². The Balaban J connectivity index is 1.48. The van der Waals surface area contributed by atoms with E-state index < -0.39 is 8.32 Å². The Hall–Kier alpha value is -2.97. The molecule has 0 saturated heterocycles. The van der Waals surface area contributed by atoms with E-state index in [9.17, 15) is 9.90 Å². The maximum absolute atomic E-state index is 14.3. The summed E-state index contributed by atoms with van der Waals surface area (Å²) in [5.41, 5.74) is 1.31. The minimum absolute atomic E-state index is 0.0926. The molecular formula is C36H51N3O4Si. The van der Waals surface area contributed by atoms with Gasteiger partial charge < -0.3 is 19.2 Å². The molecule has 2 saturated carbocycles. The zero-order valence-corrected chi connectivity index (χ0v) is 28.6. The number of hydrogen-bond acceptors (Lipinski definition) is 6. The lowest BCUT2D eigenvalue weighted by Crippen LogP contribution is -2.44. The molecule has 1 N–H and O–H groups in total. The molecule has 1 heterocycles. The number of carbonyl (C=O) groups is 1. The van der Waals surface area contributed by atoms with Crippen molar-refractivity contribution in [2.75, 3.05) is 19.8 Å². The van der Waals surface area contributed by atoms with Gasteiger partial charge in [0.1, 0.15) is 5.82 Å². The van der Waals surface area contributed by atoms with Gasteiger partial charge in [-0.25, -0.2) is 4.98 Å². The van der Waals surface area contributed by atoms with Gasteiger partial charge in [-0.2, -0.15) is 4.98 Å². The molecule has 3 aromatic rings. The molecule has 8 heteroatoms. The Kier molecular flexibility index (Phi) is 9.71. The van der Waals surface area contributed by atoms with Crippen LogP contribution in [0.15, 0.2) is 42.5 Å². The Labute approximate surface area is 264 Å². The Morgan fingerprint density at radius 2 is 1.75 bits per heavy atom. The molecule has 0 spiro atoms. The Morgan fingerprint density at radius 3 is 2.43 bits per heavy atom. The molecule has 238 valence electrons. The van der Waals surface area contributed by atoms with Crippen LogP contribution in [0.3, 0.4) is 0 Å². The molecule has 0 bridgehead atoms. The predicted molar refractivity (Wildman–Crippen MR) is 179 cm³/mol. The van der Waals surface area contributed by atoms with Gasteiger partial charge in [-0.05, 0) is 66.6 Å².